The fourth-order valence-corrected chi connectivity index (χ4v) is 3.75. The van der Waals surface area contributed by atoms with Crippen molar-refractivity contribution in [2.75, 3.05) is 14.2 Å². The maximum atomic E-state index is 13.6. The van der Waals surface area contributed by atoms with Crippen molar-refractivity contribution in [3.05, 3.63) is 82.4 Å². The first-order valence-electron chi connectivity index (χ1n) is 10.4. The van der Waals surface area contributed by atoms with Gasteiger partial charge in [0.15, 0.2) is 5.78 Å². The second-order valence-corrected chi connectivity index (χ2v) is 7.64. The third-order valence-electron chi connectivity index (χ3n) is 5.56. The third-order valence-corrected chi connectivity index (χ3v) is 5.56. The second-order valence-electron chi connectivity index (χ2n) is 7.64. The van der Waals surface area contributed by atoms with Gasteiger partial charge in [-0.05, 0) is 56.7 Å². The Morgan fingerprint density at radius 2 is 1.85 bits per heavy atom. The van der Waals surface area contributed by atoms with Crippen LogP contribution in [-0.2, 0) is 11.3 Å². The van der Waals surface area contributed by atoms with Gasteiger partial charge in [-0.3, -0.25) is 14.6 Å². The van der Waals surface area contributed by atoms with Crippen LogP contribution >= 0.6 is 0 Å². The molecule has 1 amide bonds. The Labute approximate surface area is 192 Å². The van der Waals surface area contributed by atoms with Gasteiger partial charge >= 0.3 is 5.97 Å². The van der Waals surface area contributed by atoms with Crippen LogP contribution in [0.3, 0.4) is 0 Å². The average Bonchev–Trinajstić information content (AvgIpc) is 3.14. The van der Waals surface area contributed by atoms with Crippen LogP contribution < -0.4 is 4.74 Å². The first-order chi connectivity index (χ1) is 15.8. The number of methoxy groups -OCH3 is 2. The van der Waals surface area contributed by atoms with Gasteiger partial charge in [-0.1, -0.05) is 12.1 Å². The van der Waals surface area contributed by atoms with Crippen LogP contribution in [-0.4, -0.2) is 52.8 Å². The SMILES string of the molecule is COC(=O)c1[nH]c(C)c(C(=O)C(C)N(Cc2ccccn2)C(=O)c2cccc(OC)c2)c1C. The van der Waals surface area contributed by atoms with Crippen molar-refractivity contribution in [3.63, 3.8) is 0 Å². The number of ketones is 1. The molecule has 0 aliphatic carbocycles. The van der Waals surface area contributed by atoms with E-state index in [9.17, 15) is 14.4 Å². The summed E-state index contributed by atoms with van der Waals surface area (Å²) in [6, 6.07) is 11.4. The van der Waals surface area contributed by atoms with E-state index in [-0.39, 0.29) is 23.9 Å². The highest BCUT2D eigenvalue weighted by atomic mass is 16.5. The monoisotopic (exact) mass is 449 g/mol. The number of aryl methyl sites for hydroxylation is 1. The predicted octanol–water partition coefficient (Wildman–Crippen LogP) is 3.74. The molecule has 0 bridgehead atoms. The molecule has 0 saturated carbocycles. The number of ether oxygens (including phenoxy) is 2. The topological polar surface area (TPSA) is 102 Å². The van der Waals surface area contributed by atoms with Crippen LogP contribution in [0, 0.1) is 13.8 Å². The van der Waals surface area contributed by atoms with Gasteiger partial charge in [-0.2, -0.15) is 0 Å². The predicted molar refractivity (Wildman–Crippen MR) is 123 cm³/mol. The smallest absolute Gasteiger partial charge is 0.354 e. The van der Waals surface area contributed by atoms with Crippen LogP contribution in [0.25, 0.3) is 0 Å². The Hall–Kier alpha value is -3.94. The molecule has 3 rings (SSSR count). The van der Waals surface area contributed by atoms with Crippen molar-refractivity contribution in [1.82, 2.24) is 14.9 Å². The van der Waals surface area contributed by atoms with Gasteiger partial charge in [0, 0.05) is 23.0 Å². The Morgan fingerprint density at radius 3 is 2.48 bits per heavy atom. The van der Waals surface area contributed by atoms with Gasteiger partial charge in [-0.15, -0.1) is 0 Å². The van der Waals surface area contributed by atoms with E-state index in [0.717, 1.165) is 0 Å². The number of carbonyl (C=O) groups is 3. The summed E-state index contributed by atoms with van der Waals surface area (Å²) in [7, 11) is 2.81. The minimum Gasteiger partial charge on any atom is -0.497 e. The number of amides is 1. The average molecular weight is 450 g/mol. The third kappa shape index (κ3) is 4.95. The van der Waals surface area contributed by atoms with Gasteiger partial charge < -0.3 is 19.4 Å². The first-order valence-corrected chi connectivity index (χ1v) is 10.4. The molecule has 2 heterocycles. The fraction of sp³-hybridized carbons (Fsp3) is 0.280. The molecule has 172 valence electrons. The molecule has 0 aliphatic heterocycles. The van der Waals surface area contributed by atoms with E-state index >= 15 is 0 Å². The molecule has 0 aliphatic rings. The molecule has 0 spiro atoms. The molecule has 0 radical (unpaired) electrons. The van der Waals surface area contributed by atoms with Crippen molar-refractivity contribution in [3.8, 4) is 5.75 Å². The van der Waals surface area contributed by atoms with Crippen LogP contribution in [0.15, 0.2) is 48.7 Å². The number of H-pyrrole nitrogens is 1. The first kappa shape index (κ1) is 23.7. The molecule has 1 N–H and O–H groups in total. The molecular formula is C25H27N3O5. The highest BCUT2D eigenvalue weighted by Gasteiger charge is 2.32. The summed E-state index contributed by atoms with van der Waals surface area (Å²) >= 11 is 0. The summed E-state index contributed by atoms with van der Waals surface area (Å²) in [6.07, 6.45) is 1.64. The van der Waals surface area contributed by atoms with Crippen LogP contribution in [0.4, 0.5) is 0 Å². The number of Topliss-reactive ketones (excluding diaryl/α,β-unsaturated/α-hetero) is 1. The lowest BCUT2D eigenvalue weighted by atomic mass is 9.99. The number of rotatable bonds is 8. The number of carbonyl (C=O) groups excluding carboxylic acids is 3. The Kier molecular flexibility index (Phi) is 7.27. The molecule has 3 aromatic rings. The lowest BCUT2D eigenvalue weighted by Gasteiger charge is -2.28. The standard InChI is InChI=1S/C25H27N3O5/c1-15-21(16(2)27-22(15)25(31)33-5)23(29)17(3)28(14-19-10-6-7-12-26-19)24(30)18-9-8-11-20(13-18)32-4/h6-13,17,27H,14H2,1-5H3. The van der Waals surface area contributed by atoms with Gasteiger partial charge in [0.1, 0.15) is 11.4 Å². The van der Waals surface area contributed by atoms with Crippen molar-refractivity contribution < 1.29 is 23.9 Å². The van der Waals surface area contributed by atoms with E-state index in [0.29, 0.717) is 33.8 Å². The zero-order chi connectivity index (χ0) is 24.1. The van der Waals surface area contributed by atoms with Gasteiger partial charge in [-0.25, -0.2) is 4.79 Å². The molecule has 1 aromatic carbocycles. The molecule has 1 atom stereocenters. The summed E-state index contributed by atoms with van der Waals surface area (Å²) < 4.78 is 10.1. The van der Waals surface area contributed by atoms with Gasteiger partial charge in [0.2, 0.25) is 0 Å². The van der Waals surface area contributed by atoms with Gasteiger partial charge in [0.25, 0.3) is 5.91 Å². The Morgan fingerprint density at radius 1 is 1.09 bits per heavy atom. The molecule has 33 heavy (non-hydrogen) atoms. The summed E-state index contributed by atoms with van der Waals surface area (Å²) in [5.41, 5.74) is 2.65. The van der Waals surface area contributed by atoms with Crippen molar-refractivity contribution in [2.24, 2.45) is 0 Å². The molecule has 0 fully saturated rings. The van der Waals surface area contributed by atoms with Crippen molar-refractivity contribution >= 4 is 17.7 Å². The number of nitrogens with one attached hydrogen (secondary N) is 1. The number of hydrogen-bond acceptors (Lipinski definition) is 6. The molecule has 1 unspecified atom stereocenters. The van der Waals surface area contributed by atoms with Crippen LogP contribution in [0.1, 0.15) is 55.1 Å². The van der Waals surface area contributed by atoms with E-state index < -0.39 is 12.0 Å². The van der Waals surface area contributed by atoms with E-state index in [1.165, 1.54) is 19.1 Å². The normalized spacial score (nSPS) is 11.5. The zero-order valence-corrected chi connectivity index (χ0v) is 19.3. The largest absolute Gasteiger partial charge is 0.497 e. The highest BCUT2D eigenvalue weighted by Crippen LogP contribution is 2.24. The van der Waals surface area contributed by atoms with Gasteiger partial charge in [0.05, 0.1) is 32.5 Å². The lowest BCUT2D eigenvalue weighted by Crippen LogP contribution is -2.43. The minimum atomic E-state index is -0.829. The number of hydrogen-bond donors (Lipinski definition) is 1. The van der Waals surface area contributed by atoms with Crippen LogP contribution in [0.2, 0.25) is 0 Å². The molecule has 8 nitrogen and oxygen atoms in total. The quantitative estimate of drug-likeness (QED) is 0.415. The second kappa shape index (κ2) is 10.1. The molecule has 0 saturated heterocycles. The Balaban J connectivity index is 2.01. The molecular weight excluding hydrogens is 422 g/mol. The van der Waals surface area contributed by atoms with E-state index in [4.69, 9.17) is 9.47 Å². The fourth-order valence-electron chi connectivity index (χ4n) is 3.75. The number of benzene rings is 1. The summed E-state index contributed by atoms with van der Waals surface area (Å²) in [5, 5.41) is 0. The molecule has 8 heteroatoms. The number of nitrogens with zero attached hydrogens (tertiary/aromatic N) is 2. The van der Waals surface area contributed by atoms with E-state index in [1.54, 1.807) is 63.4 Å². The van der Waals surface area contributed by atoms with Crippen LogP contribution in [0.5, 0.6) is 5.75 Å². The lowest BCUT2D eigenvalue weighted by molar-refractivity contribution is 0.0591. The number of esters is 1. The number of aromatic nitrogens is 2. The maximum Gasteiger partial charge on any atom is 0.354 e. The van der Waals surface area contributed by atoms with E-state index in [2.05, 4.69) is 9.97 Å². The highest BCUT2D eigenvalue weighted by molar-refractivity contribution is 6.07. The Bertz CT molecular complexity index is 1170. The number of aromatic amines is 1. The maximum absolute atomic E-state index is 13.6. The van der Waals surface area contributed by atoms with E-state index in [1.807, 2.05) is 6.07 Å². The number of pyridine rings is 1. The van der Waals surface area contributed by atoms with Crippen molar-refractivity contribution in [2.45, 2.75) is 33.4 Å². The molecule has 2 aromatic heterocycles. The minimum absolute atomic E-state index is 0.135. The summed E-state index contributed by atoms with van der Waals surface area (Å²) in [5.74, 6) is -0.638. The summed E-state index contributed by atoms with van der Waals surface area (Å²) in [4.78, 5) is 47.9. The zero-order valence-electron chi connectivity index (χ0n) is 19.3. The van der Waals surface area contributed by atoms with Crippen molar-refractivity contribution in [1.29, 1.82) is 0 Å². The summed E-state index contributed by atoms with van der Waals surface area (Å²) in [6.45, 7) is 5.21.